The van der Waals surface area contributed by atoms with Crippen molar-refractivity contribution in [1.82, 2.24) is 15.1 Å². The number of aromatic nitrogens is 2. The number of nitrogens with one attached hydrogen (secondary N) is 2. The molecule has 174 valence electrons. The van der Waals surface area contributed by atoms with Crippen molar-refractivity contribution in [3.63, 3.8) is 0 Å². The summed E-state index contributed by atoms with van der Waals surface area (Å²) < 4.78 is 1.93. The van der Waals surface area contributed by atoms with Crippen molar-refractivity contribution in [2.75, 3.05) is 5.32 Å². The zero-order valence-corrected chi connectivity index (χ0v) is 20.8. The first kappa shape index (κ1) is 23.4. The van der Waals surface area contributed by atoms with E-state index in [1.54, 1.807) is 6.20 Å². The predicted octanol–water partition coefficient (Wildman–Crippen LogP) is 6.58. The fourth-order valence-electron chi connectivity index (χ4n) is 4.92. The molecule has 1 aromatic heterocycles. The average Bonchev–Trinajstić information content (AvgIpc) is 3.23. The second kappa shape index (κ2) is 8.86. The molecule has 1 aliphatic rings. The molecule has 0 radical (unpaired) electrons. The fraction of sp³-hybridized carbons (Fsp3) is 0.407. The van der Waals surface area contributed by atoms with Gasteiger partial charge in [-0.1, -0.05) is 73.5 Å². The van der Waals surface area contributed by atoms with Gasteiger partial charge in [0.25, 0.3) is 5.91 Å². The van der Waals surface area contributed by atoms with Crippen LogP contribution in [0.15, 0.2) is 54.7 Å². The van der Waals surface area contributed by atoms with Gasteiger partial charge in [-0.25, -0.2) is 4.68 Å². The van der Waals surface area contributed by atoms with E-state index in [0.29, 0.717) is 5.56 Å². The Morgan fingerprint density at radius 3 is 2.48 bits per heavy atom. The molecule has 1 amide bonds. The number of anilines is 1. The molecular weight excluding hydrogens is 432 g/mol. The molecule has 1 atom stereocenters. The highest BCUT2D eigenvalue weighted by Gasteiger charge is 2.38. The van der Waals surface area contributed by atoms with E-state index in [9.17, 15) is 4.79 Å². The molecule has 5 nitrogen and oxygen atoms in total. The first-order chi connectivity index (χ1) is 15.7. The normalized spacial score (nSPS) is 17.2. The van der Waals surface area contributed by atoms with Crippen LogP contribution in [-0.4, -0.2) is 15.7 Å². The Balaban J connectivity index is 1.69. The highest BCUT2D eigenvalue weighted by Crippen LogP contribution is 2.42. The Hall–Kier alpha value is -2.79. The molecule has 1 aliphatic heterocycles. The zero-order chi connectivity index (χ0) is 23.8. The van der Waals surface area contributed by atoms with Crippen LogP contribution in [-0.2, 0) is 11.1 Å². The van der Waals surface area contributed by atoms with E-state index in [1.165, 1.54) is 5.56 Å². The third kappa shape index (κ3) is 4.26. The summed E-state index contributed by atoms with van der Waals surface area (Å²) in [4.78, 5) is 13.6. The quantitative estimate of drug-likeness (QED) is 0.433. The number of hydrogen-bond donors (Lipinski definition) is 2. The van der Waals surface area contributed by atoms with Crippen LogP contribution < -0.4 is 10.6 Å². The molecule has 0 spiro atoms. The Morgan fingerprint density at radius 2 is 1.85 bits per heavy atom. The summed E-state index contributed by atoms with van der Waals surface area (Å²) in [6.45, 7) is 10.6. The lowest BCUT2D eigenvalue weighted by Crippen LogP contribution is -2.45. The molecule has 6 heteroatoms. The number of carbonyl (C=O) groups excluding carboxylic acids is 1. The Bertz CT molecular complexity index is 1150. The second-order valence-corrected chi connectivity index (χ2v) is 10.1. The molecule has 0 aliphatic carbocycles. The molecule has 33 heavy (non-hydrogen) atoms. The second-order valence-electron chi connectivity index (χ2n) is 9.66. The first-order valence-electron chi connectivity index (χ1n) is 11.7. The van der Waals surface area contributed by atoms with Gasteiger partial charge in [-0.15, -0.1) is 0 Å². The van der Waals surface area contributed by atoms with E-state index in [2.05, 4.69) is 74.6 Å². The number of aryl methyl sites for hydroxylation is 1. The summed E-state index contributed by atoms with van der Waals surface area (Å²) >= 11 is 6.52. The molecular formula is C27H33ClN4O. The van der Waals surface area contributed by atoms with Gasteiger partial charge in [-0.3, -0.25) is 4.79 Å². The van der Waals surface area contributed by atoms with Crippen LogP contribution in [0, 0.1) is 6.92 Å². The largest absolute Gasteiger partial charge is 0.363 e. The molecule has 0 saturated carbocycles. The van der Waals surface area contributed by atoms with Crippen LogP contribution in [0.2, 0.25) is 5.02 Å². The fourth-order valence-corrected chi connectivity index (χ4v) is 5.19. The zero-order valence-electron chi connectivity index (χ0n) is 20.1. The Morgan fingerprint density at radius 1 is 1.18 bits per heavy atom. The van der Waals surface area contributed by atoms with Gasteiger partial charge in [0.15, 0.2) is 0 Å². The van der Waals surface area contributed by atoms with Crippen LogP contribution in [0.25, 0.3) is 0 Å². The molecule has 4 rings (SSSR count). The monoisotopic (exact) mass is 464 g/mol. The Kier molecular flexibility index (Phi) is 6.28. The maximum Gasteiger partial charge on any atom is 0.257 e. The van der Waals surface area contributed by atoms with Gasteiger partial charge >= 0.3 is 0 Å². The van der Waals surface area contributed by atoms with Crippen LogP contribution >= 0.6 is 11.6 Å². The number of amides is 1. The summed E-state index contributed by atoms with van der Waals surface area (Å²) in [5.74, 6) is 0.613. The molecule has 0 saturated heterocycles. The number of halogens is 1. The lowest BCUT2D eigenvalue weighted by atomic mass is 9.84. The topological polar surface area (TPSA) is 59.0 Å². The lowest BCUT2D eigenvalue weighted by Gasteiger charge is -2.39. The first-order valence-corrected chi connectivity index (χ1v) is 12.1. The average molecular weight is 465 g/mol. The van der Waals surface area contributed by atoms with Crippen molar-refractivity contribution in [1.29, 1.82) is 0 Å². The number of hydrogen-bond acceptors (Lipinski definition) is 3. The minimum absolute atomic E-state index is 0.0105. The predicted molar refractivity (Wildman–Crippen MR) is 135 cm³/mol. The van der Waals surface area contributed by atoms with Gasteiger partial charge in [0.05, 0.1) is 23.3 Å². The van der Waals surface area contributed by atoms with E-state index in [4.69, 9.17) is 11.6 Å². The van der Waals surface area contributed by atoms with Crippen molar-refractivity contribution in [2.24, 2.45) is 0 Å². The summed E-state index contributed by atoms with van der Waals surface area (Å²) in [6, 6.07) is 16.3. The molecule has 2 aromatic carbocycles. The van der Waals surface area contributed by atoms with Crippen molar-refractivity contribution >= 4 is 23.3 Å². The van der Waals surface area contributed by atoms with Crippen molar-refractivity contribution in [2.45, 2.75) is 71.0 Å². The Labute approximate surface area is 201 Å². The minimum atomic E-state index is -0.439. The van der Waals surface area contributed by atoms with E-state index < -0.39 is 5.54 Å². The van der Waals surface area contributed by atoms with Gasteiger partial charge < -0.3 is 10.6 Å². The summed E-state index contributed by atoms with van der Waals surface area (Å²) in [5.41, 5.74) is 3.20. The van der Waals surface area contributed by atoms with Crippen LogP contribution in [0.4, 0.5) is 5.82 Å². The van der Waals surface area contributed by atoms with E-state index in [1.807, 2.05) is 28.9 Å². The van der Waals surface area contributed by atoms with Gasteiger partial charge in [0.1, 0.15) is 11.4 Å². The summed E-state index contributed by atoms with van der Waals surface area (Å²) in [6.07, 6.45) is 4.08. The minimum Gasteiger partial charge on any atom is -0.363 e. The smallest absolute Gasteiger partial charge is 0.257 e. The SMILES string of the molecule is CCC(CC)(NC(=O)c1cnn2c1NC(c1ccccc1Cl)CC2(C)C)c1ccc(C)cc1. The van der Waals surface area contributed by atoms with Crippen LogP contribution in [0.3, 0.4) is 0 Å². The molecule has 2 N–H and O–H groups in total. The van der Waals surface area contributed by atoms with Crippen molar-refractivity contribution in [3.8, 4) is 0 Å². The van der Waals surface area contributed by atoms with E-state index >= 15 is 0 Å². The molecule has 0 bridgehead atoms. The van der Waals surface area contributed by atoms with Crippen LogP contribution in [0.1, 0.15) is 80.0 Å². The summed E-state index contributed by atoms with van der Waals surface area (Å²) in [7, 11) is 0. The summed E-state index contributed by atoms with van der Waals surface area (Å²) in [5, 5.41) is 12.2. The van der Waals surface area contributed by atoms with Crippen LogP contribution in [0.5, 0.6) is 0 Å². The molecule has 1 unspecified atom stereocenters. The number of carbonyl (C=O) groups is 1. The van der Waals surface area contributed by atoms with Gasteiger partial charge in [-0.05, 0) is 57.2 Å². The third-order valence-corrected chi connectivity index (χ3v) is 7.39. The third-order valence-electron chi connectivity index (χ3n) is 7.05. The highest BCUT2D eigenvalue weighted by atomic mass is 35.5. The molecule has 3 aromatic rings. The maximum atomic E-state index is 13.6. The van der Waals surface area contributed by atoms with E-state index in [-0.39, 0.29) is 17.5 Å². The van der Waals surface area contributed by atoms with E-state index in [0.717, 1.165) is 41.2 Å². The van der Waals surface area contributed by atoms with Gasteiger partial charge in [0, 0.05) is 5.02 Å². The number of fused-ring (bicyclic) bond motifs is 1. The maximum absolute atomic E-state index is 13.6. The number of benzene rings is 2. The lowest BCUT2D eigenvalue weighted by molar-refractivity contribution is 0.0890. The molecule has 0 fully saturated rings. The van der Waals surface area contributed by atoms with Gasteiger partial charge in [-0.2, -0.15) is 5.10 Å². The van der Waals surface area contributed by atoms with Gasteiger partial charge in [0.2, 0.25) is 0 Å². The number of rotatable bonds is 6. The molecule has 2 heterocycles. The standard InChI is InChI=1S/C27H33ClN4O/c1-6-27(7-2,19-14-12-18(3)13-15-19)31-25(33)21-17-29-32-24(21)30-23(16-26(32,4)5)20-10-8-9-11-22(20)28/h8-15,17,23,30H,6-7,16H2,1-5H3,(H,31,33). The highest BCUT2D eigenvalue weighted by molar-refractivity contribution is 6.31. The van der Waals surface area contributed by atoms with Crippen molar-refractivity contribution < 1.29 is 4.79 Å². The van der Waals surface area contributed by atoms with Crippen molar-refractivity contribution in [3.05, 3.63) is 82.0 Å². The number of nitrogens with zero attached hydrogens (tertiary/aromatic N) is 2.